The summed E-state index contributed by atoms with van der Waals surface area (Å²) in [6.07, 6.45) is 1.65. The summed E-state index contributed by atoms with van der Waals surface area (Å²) in [7, 11) is -4.22. The van der Waals surface area contributed by atoms with Gasteiger partial charge in [0, 0.05) is 13.1 Å². The first-order chi connectivity index (χ1) is 8.02. The highest BCUT2D eigenvalue weighted by Gasteiger charge is 2.17. The summed E-state index contributed by atoms with van der Waals surface area (Å²) < 4.78 is 57.0. The van der Waals surface area contributed by atoms with Crippen LogP contribution in [0.4, 0.5) is 0 Å². The number of hydrogen-bond acceptors (Lipinski definition) is 6. The van der Waals surface area contributed by atoms with E-state index in [0.717, 1.165) is 10.6 Å². The molecule has 0 unspecified atom stereocenters. The van der Waals surface area contributed by atoms with Gasteiger partial charge in [0.2, 0.25) is 10.0 Å². The predicted octanol–water partition coefficient (Wildman–Crippen LogP) is -0.981. The van der Waals surface area contributed by atoms with Crippen LogP contribution in [0.2, 0.25) is 0 Å². The molecule has 0 aliphatic carbocycles. The summed E-state index contributed by atoms with van der Waals surface area (Å²) in [6.45, 7) is 0.455. The minimum Gasteiger partial charge on any atom is -0.309 e. The van der Waals surface area contributed by atoms with E-state index >= 15 is 0 Å². The van der Waals surface area contributed by atoms with Gasteiger partial charge in [0.05, 0.1) is 12.9 Å². The highest BCUT2D eigenvalue weighted by molar-refractivity contribution is 7.88. The Kier molecular flexibility index (Phi) is 7.25. The van der Waals surface area contributed by atoms with Crippen LogP contribution in [0.1, 0.15) is 6.42 Å². The van der Waals surface area contributed by atoms with Crippen molar-refractivity contribution < 1.29 is 25.6 Å². The molecule has 18 heavy (non-hydrogen) atoms. The summed E-state index contributed by atoms with van der Waals surface area (Å²) in [5.74, 6) is 0. The minimum absolute atomic E-state index is 0.119. The standard InChI is InChI=1S/C8H20N2O6S2/c1-9(2)5-4-6-10(17(3,11)12)7-8-16-18(13,14)15/h4-8H2,1-3H3,(H,13,14,15). The Labute approximate surface area is 109 Å². The molecule has 0 rings (SSSR count). The molecule has 0 aliphatic rings. The third-order valence-electron chi connectivity index (χ3n) is 2.05. The van der Waals surface area contributed by atoms with Crippen molar-refractivity contribution in [3.05, 3.63) is 0 Å². The van der Waals surface area contributed by atoms with Gasteiger partial charge in [-0.1, -0.05) is 0 Å². The van der Waals surface area contributed by atoms with E-state index in [1.54, 1.807) is 0 Å². The maximum Gasteiger partial charge on any atom is 0.397 e. The number of sulfonamides is 1. The molecular formula is C8H20N2O6S2. The van der Waals surface area contributed by atoms with Gasteiger partial charge in [-0.2, -0.15) is 12.7 Å². The zero-order valence-electron chi connectivity index (χ0n) is 10.7. The number of rotatable bonds is 9. The van der Waals surface area contributed by atoms with Crippen LogP contribution in [0.25, 0.3) is 0 Å². The SMILES string of the molecule is CN(C)CCCN(CCOS(=O)(=O)O)S(C)(=O)=O. The van der Waals surface area contributed by atoms with E-state index in [9.17, 15) is 16.8 Å². The van der Waals surface area contributed by atoms with Gasteiger partial charge >= 0.3 is 10.4 Å². The van der Waals surface area contributed by atoms with Gasteiger partial charge in [-0.05, 0) is 27.1 Å². The van der Waals surface area contributed by atoms with Gasteiger partial charge in [-0.15, -0.1) is 0 Å². The van der Waals surface area contributed by atoms with Crippen molar-refractivity contribution in [1.82, 2.24) is 9.21 Å². The normalized spacial score (nSPS) is 13.4. The molecule has 110 valence electrons. The third-order valence-corrected chi connectivity index (χ3v) is 3.82. The lowest BCUT2D eigenvalue weighted by molar-refractivity contribution is 0.240. The van der Waals surface area contributed by atoms with E-state index in [0.29, 0.717) is 13.0 Å². The van der Waals surface area contributed by atoms with Crippen LogP contribution >= 0.6 is 0 Å². The number of nitrogens with zero attached hydrogens (tertiary/aromatic N) is 2. The van der Waals surface area contributed by atoms with Gasteiger partial charge in [-0.3, -0.25) is 4.55 Å². The van der Waals surface area contributed by atoms with Gasteiger partial charge < -0.3 is 4.90 Å². The predicted molar refractivity (Wildman–Crippen MR) is 67.1 cm³/mol. The largest absolute Gasteiger partial charge is 0.397 e. The minimum atomic E-state index is -4.53. The molecule has 0 aromatic heterocycles. The Morgan fingerprint density at radius 3 is 2.00 bits per heavy atom. The Bertz CT molecular complexity index is 431. The summed E-state index contributed by atoms with van der Waals surface area (Å²) >= 11 is 0. The van der Waals surface area contributed by atoms with E-state index in [2.05, 4.69) is 4.18 Å². The van der Waals surface area contributed by atoms with Crippen LogP contribution < -0.4 is 0 Å². The zero-order chi connectivity index (χ0) is 14.4. The van der Waals surface area contributed by atoms with Gasteiger partial charge in [0.25, 0.3) is 0 Å². The maximum atomic E-state index is 11.4. The molecule has 0 heterocycles. The lowest BCUT2D eigenvalue weighted by Crippen LogP contribution is -2.35. The molecule has 0 bridgehead atoms. The smallest absolute Gasteiger partial charge is 0.309 e. The fourth-order valence-electron chi connectivity index (χ4n) is 1.25. The van der Waals surface area contributed by atoms with Crippen LogP contribution in [-0.2, 0) is 24.6 Å². The van der Waals surface area contributed by atoms with E-state index < -0.39 is 27.0 Å². The lowest BCUT2D eigenvalue weighted by atomic mass is 10.4. The molecule has 0 fully saturated rings. The van der Waals surface area contributed by atoms with Crippen molar-refractivity contribution in [3.8, 4) is 0 Å². The van der Waals surface area contributed by atoms with Crippen molar-refractivity contribution in [2.75, 3.05) is 46.6 Å². The molecule has 0 saturated carbocycles. The first-order valence-corrected chi connectivity index (χ1v) is 8.45. The van der Waals surface area contributed by atoms with E-state index in [1.807, 2.05) is 19.0 Å². The molecule has 0 amide bonds. The van der Waals surface area contributed by atoms with Crippen molar-refractivity contribution >= 4 is 20.4 Å². The molecule has 0 saturated heterocycles. The molecule has 8 nitrogen and oxygen atoms in total. The topological polar surface area (TPSA) is 104 Å². The molecule has 10 heteroatoms. The number of hydrogen-bond donors (Lipinski definition) is 1. The Morgan fingerprint density at radius 1 is 1.06 bits per heavy atom. The summed E-state index contributed by atoms with van der Waals surface area (Å²) in [5.41, 5.74) is 0. The summed E-state index contributed by atoms with van der Waals surface area (Å²) in [5, 5.41) is 0. The van der Waals surface area contributed by atoms with Crippen molar-refractivity contribution in [2.45, 2.75) is 6.42 Å². The van der Waals surface area contributed by atoms with E-state index in [1.165, 1.54) is 0 Å². The van der Waals surface area contributed by atoms with Crippen LogP contribution in [-0.4, -0.2) is 77.2 Å². The maximum absolute atomic E-state index is 11.4. The van der Waals surface area contributed by atoms with Gasteiger partial charge in [-0.25, -0.2) is 12.6 Å². The molecule has 0 aromatic carbocycles. The highest BCUT2D eigenvalue weighted by Crippen LogP contribution is 2.01. The van der Waals surface area contributed by atoms with E-state index in [4.69, 9.17) is 4.55 Å². The first-order valence-electron chi connectivity index (χ1n) is 5.24. The Morgan fingerprint density at radius 2 is 1.61 bits per heavy atom. The van der Waals surface area contributed by atoms with Crippen LogP contribution in [0.15, 0.2) is 0 Å². The second-order valence-electron chi connectivity index (χ2n) is 4.07. The molecule has 1 N–H and O–H groups in total. The van der Waals surface area contributed by atoms with Crippen LogP contribution in [0, 0.1) is 0 Å². The van der Waals surface area contributed by atoms with Crippen LogP contribution in [0.5, 0.6) is 0 Å². The van der Waals surface area contributed by atoms with Crippen molar-refractivity contribution in [3.63, 3.8) is 0 Å². The Hall–Kier alpha value is -0.260. The lowest BCUT2D eigenvalue weighted by Gasteiger charge is -2.20. The fourth-order valence-corrected chi connectivity index (χ4v) is 2.40. The molecule has 0 aromatic rings. The Balaban J connectivity index is 4.26. The fraction of sp³-hybridized carbons (Fsp3) is 1.00. The molecule has 0 radical (unpaired) electrons. The average Bonchev–Trinajstić information content (AvgIpc) is 2.11. The monoisotopic (exact) mass is 304 g/mol. The third kappa shape index (κ3) is 9.74. The molecular weight excluding hydrogens is 284 g/mol. The second-order valence-corrected chi connectivity index (χ2v) is 7.14. The molecule has 0 atom stereocenters. The van der Waals surface area contributed by atoms with Crippen molar-refractivity contribution in [2.24, 2.45) is 0 Å². The van der Waals surface area contributed by atoms with Gasteiger partial charge in [0.1, 0.15) is 0 Å². The second kappa shape index (κ2) is 7.36. The summed E-state index contributed by atoms with van der Waals surface area (Å²) in [6, 6.07) is 0. The highest BCUT2D eigenvalue weighted by atomic mass is 32.3. The van der Waals surface area contributed by atoms with Gasteiger partial charge in [0.15, 0.2) is 0 Å². The molecule has 0 spiro atoms. The summed E-state index contributed by atoms with van der Waals surface area (Å²) in [4.78, 5) is 1.91. The average molecular weight is 304 g/mol. The zero-order valence-corrected chi connectivity index (χ0v) is 12.4. The quantitative estimate of drug-likeness (QED) is 0.546. The van der Waals surface area contributed by atoms with Crippen LogP contribution in [0.3, 0.4) is 0 Å². The van der Waals surface area contributed by atoms with E-state index in [-0.39, 0.29) is 13.1 Å². The molecule has 0 aliphatic heterocycles. The van der Waals surface area contributed by atoms with Crippen molar-refractivity contribution in [1.29, 1.82) is 0 Å². The first kappa shape index (κ1) is 17.7.